The molecule has 4 heteroatoms. The molecular formula is C15H21BrFNS. The van der Waals surface area contributed by atoms with Crippen LogP contribution >= 0.6 is 27.7 Å². The van der Waals surface area contributed by atoms with Crippen LogP contribution < -0.4 is 5.32 Å². The van der Waals surface area contributed by atoms with Crippen LogP contribution in [0.25, 0.3) is 0 Å². The first-order valence-electron chi connectivity index (χ1n) is 6.80. The van der Waals surface area contributed by atoms with Crippen molar-refractivity contribution in [2.75, 3.05) is 12.8 Å². The van der Waals surface area contributed by atoms with Crippen molar-refractivity contribution >= 4 is 27.7 Å². The third kappa shape index (κ3) is 3.73. The summed E-state index contributed by atoms with van der Waals surface area (Å²) < 4.78 is 14.4. The van der Waals surface area contributed by atoms with Crippen LogP contribution in [0.15, 0.2) is 22.7 Å². The first-order chi connectivity index (χ1) is 9.06. The van der Waals surface area contributed by atoms with E-state index in [1.54, 1.807) is 0 Å². The van der Waals surface area contributed by atoms with Crippen molar-refractivity contribution < 1.29 is 4.39 Å². The predicted molar refractivity (Wildman–Crippen MR) is 85.2 cm³/mol. The molecule has 0 spiro atoms. The molecule has 1 atom stereocenters. The lowest BCUT2D eigenvalue weighted by Crippen LogP contribution is -2.36. The van der Waals surface area contributed by atoms with Gasteiger partial charge in [0.25, 0.3) is 0 Å². The van der Waals surface area contributed by atoms with Gasteiger partial charge in [-0.05, 0) is 43.7 Å². The Morgan fingerprint density at radius 3 is 2.68 bits per heavy atom. The summed E-state index contributed by atoms with van der Waals surface area (Å²) in [6, 6.07) is 5.16. The Balaban J connectivity index is 1.99. The van der Waals surface area contributed by atoms with Crippen LogP contribution in [0.1, 0.15) is 44.2 Å². The number of halogens is 2. The van der Waals surface area contributed by atoms with Crippen molar-refractivity contribution in [3.05, 3.63) is 34.1 Å². The topological polar surface area (TPSA) is 12.0 Å². The standard InChI is InChI=1S/C15H21BrFNS/c1-11(13-6-5-12(17)9-14(13)16)18-10-15(19-2)7-3-4-8-15/h5-6,9,11,18H,3-4,7-8,10H2,1-2H3. The number of hydrogen-bond donors (Lipinski definition) is 1. The summed E-state index contributed by atoms with van der Waals surface area (Å²) in [7, 11) is 0. The summed E-state index contributed by atoms with van der Waals surface area (Å²) in [4.78, 5) is 0. The average Bonchev–Trinajstić information content (AvgIpc) is 2.85. The Hall–Kier alpha value is -0.0600. The van der Waals surface area contributed by atoms with E-state index >= 15 is 0 Å². The summed E-state index contributed by atoms with van der Waals surface area (Å²) >= 11 is 5.44. The molecular weight excluding hydrogens is 325 g/mol. The monoisotopic (exact) mass is 345 g/mol. The zero-order chi connectivity index (χ0) is 13.9. The molecule has 0 radical (unpaired) electrons. The molecule has 19 heavy (non-hydrogen) atoms. The van der Waals surface area contributed by atoms with Gasteiger partial charge in [-0.2, -0.15) is 11.8 Å². The second kappa shape index (κ2) is 6.59. The first kappa shape index (κ1) is 15.3. The zero-order valence-electron chi connectivity index (χ0n) is 11.5. The molecule has 0 aliphatic heterocycles. The van der Waals surface area contributed by atoms with Crippen LogP contribution in [0.3, 0.4) is 0 Å². The molecule has 0 heterocycles. The highest BCUT2D eigenvalue weighted by molar-refractivity contribution is 9.10. The average molecular weight is 346 g/mol. The second-order valence-electron chi connectivity index (χ2n) is 5.36. The lowest BCUT2D eigenvalue weighted by Gasteiger charge is -2.29. The number of benzene rings is 1. The maximum atomic E-state index is 13.1. The van der Waals surface area contributed by atoms with Crippen molar-refractivity contribution in [2.45, 2.75) is 43.4 Å². The molecule has 2 rings (SSSR count). The molecule has 1 unspecified atom stereocenters. The van der Waals surface area contributed by atoms with Gasteiger partial charge in [-0.3, -0.25) is 0 Å². The van der Waals surface area contributed by atoms with Crippen molar-refractivity contribution in [1.82, 2.24) is 5.32 Å². The van der Waals surface area contributed by atoms with E-state index in [1.165, 1.54) is 37.8 Å². The highest BCUT2D eigenvalue weighted by atomic mass is 79.9. The molecule has 106 valence electrons. The fraction of sp³-hybridized carbons (Fsp3) is 0.600. The maximum absolute atomic E-state index is 13.1. The van der Waals surface area contributed by atoms with E-state index in [2.05, 4.69) is 34.4 Å². The van der Waals surface area contributed by atoms with Crippen molar-refractivity contribution in [3.8, 4) is 0 Å². The minimum Gasteiger partial charge on any atom is -0.309 e. The van der Waals surface area contributed by atoms with E-state index in [0.717, 1.165) is 16.6 Å². The van der Waals surface area contributed by atoms with Crippen molar-refractivity contribution in [3.63, 3.8) is 0 Å². The van der Waals surface area contributed by atoms with E-state index < -0.39 is 0 Å². The summed E-state index contributed by atoms with van der Waals surface area (Å²) in [6.45, 7) is 3.17. The Morgan fingerprint density at radius 2 is 2.11 bits per heavy atom. The second-order valence-corrected chi connectivity index (χ2v) is 7.49. The Morgan fingerprint density at radius 1 is 1.42 bits per heavy atom. The van der Waals surface area contributed by atoms with Crippen LogP contribution in [0.5, 0.6) is 0 Å². The first-order valence-corrected chi connectivity index (χ1v) is 8.82. The third-order valence-electron chi connectivity index (χ3n) is 4.11. The summed E-state index contributed by atoms with van der Waals surface area (Å²) in [6.07, 6.45) is 7.51. The van der Waals surface area contributed by atoms with E-state index in [9.17, 15) is 4.39 Å². The van der Waals surface area contributed by atoms with E-state index in [1.807, 2.05) is 17.8 Å². The van der Waals surface area contributed by atoms with Crippen LogP contribution in [-0.2, 0) is 0 Å². The van der Waals surface area contributed by atoms with E-state index in [-0.39, 0.29) is 11.9 Å². The summed E-state index contributed by atoms with van der Waals surface area (Å²) in [5, 5.41) is 3.62. The molecule has 0 saturated heterocycles. The Kier molecular flexibility index (Phi) is 5.32. The fourth-order valence-corrected chi connectivity index (χ4v) is 4.39. The van der Waals surface area contributed by atoms with Gasteiger partial charge in [-0.25, -0.2) is 4.39 Å². The van der Waals surface area contributed by atoms with Gasteiger partial charge in [-0.15, -0.1) is 0 Å². The van der Waals surface area contributed by atoms with Gasteiger partial charge in [0.05, 0.1) is 0 Å². The number of thioether (sulfide) groups is 1. The van der Waals surface area contributed by atoms with E-state index in [0.29, 0.717) is 4.75 Å². The molecule has 0 aromatic heterocycles. The molecule has 1 N–H and O–H groups in total. The highest BCUT2D eigenvalue weighted by Gasteiger charge is 2.33. The predicted octanol–water partition coefficient (Wildman–Crippen LogP) is 4.91. The lowest BCUT2D eigenvalue weighted by atomic mass is 10.0. The van der Waals surface area contributed by atoms with Gasteiger partial charge in [0, 0.05) is 21.8 Å². The summed E-state index contributed by atoms with van der Waals surface area (Å²) in [5.74, 6) is -0.195. The van der Waals surface area contributed by atoms with Gasteiger partial charge in [0.15, 0.2) is 0 Å². The van der Waals surface area contributed by atoms with Crippen LogP contribution in [0.4, 0.5) is 4.39 Å². The van der Waals surface area contributed by atoms with E-state index in [4.69, 9.17) is 0 Å². The quantitative estimate of drug-likeness (QED) is 0.813. The van der Waals surface area contributed by atoms with Crippen LogP contribution in [-0.4, -0.2) is 17.5 Å². The SMILES string of the molecule is CSC1(CNC(C)c2ccc(F)cc2Br)CCCC1. The fourth-order valence-electron chi connectivity index (χ4n) is 2.77. The minimum absolute atomic E-state index is 0.195. The Bertz CT molecular complexity index is 432. The summed E-state index contributed by atoms with van der Waals surface area (Å²) in [5.41, 5.74) is 1.12. The molecule has 1 aromatic rings. The van der Waals surface area contributed by atoms with Crippen molar-refractivity contribution in [1.29, 1.82) is 0 Å². The van der Waals surface area contributed by atoms with Gasteiger partial charge < -0.3 is 5.32 Å². The Labute approximate surface area is 127 Å². The minimum atomic E-state index is -0.195. The van der Waals surface area contributed by atoms with Gasteiger partial charge in [0.2, 0.25) is 0 Å². The molecule has 1 nitrogen and oxygen atoms in total. The number of nitrogens with one attached hydrogen (secondary N) is 1. The molecule has 1 aliphatic carbocycles. The lowest BCUT2D eigenvalue weighted by molar-refractivity contribution is 0.485. The smallest absolute Gasteiger partial charge is 0.124 e. The van der Waals surface area contributed by atoms with Crippen LogP contribution in [0.2, 0.25) is 0 Å². The normalized spacial score (nSPS) is 19.6. The number of hydrogen-bond acceptors (Lipinski definition) is 2. The third-order valence-corrected chi connectivity index (χ3v) is 6.21. The molecule has 1 saturated carbocycles. The molecule has 1 aliphatic rings. The molecule has 0 bridgehead atoms. The van der Waals surface area contributed by atoms with Gasteiger partial charge >= 0.3 is 0 Å². The van der Waals surface area contributed by atoms with Gasteiger partial charge in [-0.1, -0.05) is 34.8 Å². The van der Waals surface area contributed by atoms with Crippen LogP contribution in [0, 0.1) is 5.82 Å². The highest BCUT2D eigenvalue weighted by Crippen LogP contribution is 2.40. The molecule has 1 fully saturated rings. The van der Waals surface area contributed by atoms with Gasteiger partial charge in [0.1, 0.15) is 5.82 Å². The molecule has 0 amide bonds. The zero-order valence-corrected chi connectivity index (χ0v) is 13.9. The largest absolute Gasteiger partial charge is 0.309 e. The molecule has 1 aromatic carbocycles. The maximum Gasteiger partial charge on any atom is 0.124 e. The number of rotatable bonds is 5. The van der Waals surface area contributed by atoms with Crippen molar-refractivity contribution in [2.24, 2.45) is 0 Å².